The van der Waals surface area contributed by atoms with Gasteiger partial charge >= 0.3 is 0 Å². The summed E-state index contributed by atoms with van der Waals surface area (Å²) in [5.74, 6) is 0.861. The van der Waals surface area contributed by atoms with Crippen LogP contribution in [0, 0.1) is 5.41 Å². The molecule has 0 aliphatic heterocycles. The molecule has 0 fully saturated rings. The van der Waals surface area contributed by atoms with Gasteiger partial charge in [-0.3, -0.25) is 0 Å². The molecule has 0 saturated heterocycles. The number of ether oxygens (including phenoxy) is 1. The predicted octanol–water partition coefficient (Wildman–Crippen LogP) is 4.21. The van der Waals surface area contributed by atoms with Crippen molar-refractivity contribution in [2.75, 3.05) is 6.61 Å². The summed E-state index contributed by atoms with van der Waals surface area (Å²) in [6.07, 6.45) is 1.33. The largest absolute Gasteiger partial charge is 0.493 e. The first kappa shape index (κ1) is 14.5. The first-order valence-electron chi connectivity index (χ1n) is 7.40. The fourth-order valence-electron chi connectivity index (χ4n) is 2.93. The van der Waals surface area contributed by atoms with Gasteiger partial charge in [0.1, 0.15) is 10.8 Å². The van der Waals surface area contributed by atoms with Crippen LogP contribution >= 0.6 is 11.3 Å². The molecule has 0 spiro atoms. The van der Waals surface area contributed by atoms with Crippen molar-refractivity contribution in [2.45, 2.75) is 39.7 Å². The average molecular weight is 303 g/mol. The van der Waals surface area contributed by atoms with E-state index in [4.69, 9.17) is 9.72 Å². The lowest BCUT2D eigenvalue weighted by molar-refractivity contribution is 0.102. The number of hydrogen-bond acceptors (Lipinski definition) is 4. The van der Waals surface area contributed by atoms with Crippen LogP contribution in [-0.2, 0) is 6.42 Å². The van der Waals surface area contributed by atoms with Gasteiger partial charge < -0.3 is 9.84 Å². The molecule has 0 bridgehead atoms. The van der Waals surface area contributed by atoms with Crippen molar-refractivity contribution in [1.29, 1.82) is 0 Å². The highest BCUT2D eigenvalue weighted by Crippen LogP contribution is 2.45. The predicted molar refractivity (Wildman–Crippen MR) is 85.8 cm³/mol. The van der Waals surface area contributed by atoms with Crippen LogP contribution in [0.5, 0.6) is 5.75 Å². The maximum absolute atomic E-state index is 10.4. The number of thiazole rings is 1. The fourth-order valence-corrected chi connectivity index (χ4v) is 4.03. The molecule has 1 heterocycles. The molecule has 2 aromatic rings. The Labute approximate surface area is 129 Å². The van der Waals surface area contributed by atoms with Crippen LogP contribution in [0.1, 0.15) is 43.9 Å². The summed E-state index contributed by atoms with van der Waals surface area (Å²) in [6.45, 7) is 6.99. The van der Waals surface area contributed by atoms with Crippen molar-refractivity contribution < 1.29 is 9.84 Å². The highest BCUT2D eigenvalue weighted by molar-refractivity contribution is 7.15. The number of aliphatic hydroxyl groups excluding tert-OH is 1. The van der Waals surface area contributed by atoms with Crippen LogP contribution in [-0.4, -0.2) is 16.7 Å². The molecule has 1 atom stereocenters. The lowest BCUT2D eigenvalue weighted by Gasteiger charge is -2.31. The molecule has 3 rings (SSSR count). The smallest absolute Gasteiger partial charge is 0.129 e. The average Bonchev–Trinajstić information content (AvgIpc) is 2.82. The van der Waals surface area contributed by atoms with Crippen LogP contribution in [0.3, 0.4) is 0 Å². The quantitative estimate of drug-likeness (QED) is 0.923. The third-order valence-electron chi connectivity index (χ3n) is 3.84. The van der Waals surface area contributed by atoms with Gasteiger partial charge in [-0.05, 0) is 37.3 Å². The Hall–Kier alpha value is -1.39. The first-order chi connectivity index (χ1) is 10.00. The Morgan fingerprint density at radius 1 is 1.38 bits per heavy atom. The third-order valence-corrected chi connectivity index (χ3v) is 5.07. The highest BCUT2D eigenvalue weighted by Gasteiger charge is 2.34. The normalized spacial score (nSPS) is 20.1. The minimum atomic E-state index is -0.394. The Kier molecular flexibility index (Phi) is 3.76. The Morgan fingerprint density at radius 2 is 2.14 bits per heavy atom. The van der Waals surface area contributed by atoms with Crippen LogP contribution in [0.4, 0.5) is 0 Å². The molecule has 4 heteroatoms. The van der Waals surface area contributed by atoms with Crippen molar-refractivity contribution in [2.24, 2.45) is 5.41 Å². The second-order valence-corrected chi connectivity index (χ2v) is 7.35. The van der Waals surface area contributed by atoms with E-state index in [1.807, 2.05) is 31.2 Å². The van der Waals surface area contributed by atoms with E-state index in [1.165, 1.54) is 0 Å². The van der Waals surface area contributed by atoms with Gasteiger partial charge in [-0.2, -0.15) is 0 Å². The number of para-hydroxylation sites is 1. The number of nitrogens with zero attached hydrogens (tertiary/aromatic N) is 1. The standard InChI is InChI=1S/C17H21NO2S/c1-4-20-14-8-6-5-7-11(14)16-18-12-9-17(2,3)10-13(19)15(12)21-16/h5-8,13,19H,4,9-10H2,1-3H3. The van der Waals surface area contributed by atoms with E-state index >= 15 is 0 Å². The van der Waals surface area contributed by atoms with Crippen molar-refractivity contribution >= 4 is 11.3 Å². The van der Waals surface area contributed by atoms with E-state index in [-0.39, 0.29) is 5.41 Å². The van der Waals surface area contributed by atoms with Gasteiger partial charge in [0.15, 0.2) is 0 Å². The lowest BCUT2D eigenvalue weighted by Crippen LogP contribution is -2.24. The van der Waals surface area contributed by atoms with Crippen molar-refractivity contribution in [3.63, 3.8) is 0 Å². The molecular formula is C17H21NO2S. The molecule has 21 heavy (non-hydrogen) atoms. The number of fused-ring (bicyclic) bond motifs is 1. The minimum Gasteiger partial charge on any atom is -0.493 e. The summed E-state index contributed by atoms with van der Waals surface area (Å²) in [5, 5.41) is 11.3. The maximum atomic E-state index is 10.4. The minimum absolute atomic E-state index is 0.108. The Morgan fingerprint density at radius 3 is 2.90 bits per heavy atom. The summed E-state index contributed by atoms with van der Waals surface area (Å²) in [7, 11) is 0. The van der Waals surface area contributed by atoms with Gasteiger partial charge in [0.2, 0.25) is 0 Å². The van der Waals surface area contributed by atoms with E-state index in [2.05, 4.69) is 13.8 Å². The van der Waals surface area contributed by atoms with Crippen molar-refractivity contribution in [3.05, 3.63) is 34.8 Å². The van der Waals surface area contributed by atoms with E-state index in [0.29, 0.717) is 6.61 Å². The topological polar surface area (TPSA) is 42.4 Å². The molecule has 1 unspecified atom stereocenters. The monoisotopic (exact) mass is 303 g/mol. The van der Waals surface area contributed by atoms with Crippen LogP contribution in [0.2, 0.25) is 0 Å². The molecule has 0 radical (unpaired) electrons. The van der Waals surface area contributed by atoms with Crippen molar-refractivity contribution in [3.8, 4) is 16.3 Å². The van der Waals surface area contributed by atoms with Gasteiger partial charge in [-0.15, -0.1) is 11.3 Å². The van der Waals surface area contributed by atoms with E-state index in [1.54, 1.807) is 11.3 Å². The number of benzene rings is 1. The first-order valence-corrected chi connectivity index (χ1v) is 8.21. The SMILES string of the molecule is CCOc1ccccc1-c1nc2c(s1)C(O)CC(C)(C)C2. The van der Waals surface area contributed by atoms with Gasteiger partial charge in [-0.1, -0.05) is 26.0 Å². The zero-order valence-corrected chi connectivity index (χ0v) is 13.5. The highest BCUT2D eigenvalue weighted by atomic mass is 32.1. The van der Waals surface area contributed by atoms with Crippen molar-refractivity contribution in [1.82, 2.24) is 4.98 Å². The zero-order valence-electron chi connectivity index (χ0n) is 12.7. The van der Waals surface area contributed by atoms with Crippen LogP contribution < -0.4 is 4.74 Å². The summed E-state index contributed by atoms with van der Waals surface area (Å²) in [6, 6.07) is 7.98. The number of aromatic nitrogens is 1. The maximum Gasteiger partial charge on any atom is 0.129 e. The van der Waals surface area contributed by atoms with E-state index < -0.39 is 6.10 Å². The Bertz CT molecular complexity index is 648. The summed E-state index contributed by atoms with van der Waals surface area (Å²) < 4.78 is 5.70. The molecule has 0 amide bonds. The summed E-state index contributed by atoms with van der Waals surface area (Å²) in [4.78, 5) is 5.81. The molecule has 0 saturated carbocycles. The van der Waals surface area contributed by atoms with Gasteiger partial charge in [-0.25, -0.2) is 4.98 Å². The number of rotatable bonds is 3. The Balaban J connectivity index is 2.03. The zero-order chi connectivity index (χ0) is 15.0. The lowest BCUT2D eigenvalue weighted by atomic mass is 9.77. The van der Waals surface area contributed by atoms with Crippen LogP contribution in [0.15, 0.2) is 24.3 Å². The molecule has 1 aromatic heterocycles. The molecule has 1 aliphatic rings. The molecule has 1 N–H and O–H groups in total. The second-order valence-electron chi connectivity index (χ2n) is 6.32. The fraction of sp³-hybridized carbons (Fsp3) is 0.471. The molecule has 1 aliphatic carbocycles. The summed E-state index contributed by atoms with van der Waals surface area (Å²) >= 11 is 1.60. The molecule has 3 nitrogen and oxygen atoms in total. The van der Waals surface area contributed by atoms with Gasteiger partial charge in [0.25, 0.3) is 0 Å². The van der Waals surface area contributed by atoms with Crippen LogP contribution in [0.25, 0.3) is 10.6 Å². The second kappa shape index (κ2) is 5.43. The van der Waals surface area contributed by atoms with Gasteiger partial charge in [0.05, 0.1) is 28.8 Å². The summed E-state index contributed by atoms with van der Waals surface area (Å²) in [5.41, 5.74) is 2.17. The molecule has 1 aromatic carbocycles. The third kappa shape index (κ3) is 2.83. The number of aliphatic hydroxyl groups is 1. The van der Waals surface area contributed by atoms with E-state index in [0.717, 1.165) is 39.7 Å². The van der Waals surface area contributed by atoms with Gasteiger partial charge in [0, 0.05) is 0 Å². The molecule has 112 valence electrons. The molecular weight excluding hydrogens is 282 g/mol. The number of hydrogen-bond donors (Lipinski definition) is 1. The van der Waals surface area contributed by atoms with E-state index in [9.17, 15) is 5.11 Å².